The highest BCUT2D eigenvalue weighted by Crippen LogP contribution is 2.07. The van der Waals surface area contributed by atoms with Gasteiger partial charge in [-0.3, -0.25) is 4.79 Å². The molecule has 0 aromatic heterocycles. The molecule has 9 heavy (non-hydrogen) atoms. The zero-order valence-electron chi connectivity index (χ0n) is 5.85. The Labute approximate surface area is 54.9 Å². The molecule has 0 bridgehead atoms. The van der Waals surface area contributed by atoms with Gasteiger partial charge in [-0.25, -0.2) is 0 Å². The van der Waals surface area contributed by atoms with Crippen molar-refractivity contribution in [1.29, 1.82) is 0 Å². The van der Waals surface area contributed by atoms with Crippen molar-refractivity contribution < 1.29 is 9.90 Å². The Hall–Kier alpha value is -0.570. The second-order valence-corrected chi connectivity index (χ2v) is 2.47. The molecule has 0 aliphatic carbocycles. The molecule has 0 aliphatic rings. The Morgan fingerprint density at radius 1 is 1.78 bits per heavy atom. The van der Waals surface area contributed by atoms with E-state index in [-0.39, 0.29) is 0 Å². The molecule has 0 radical (unpaired) electrons. The zero-order valence-corrected chi connectivity index (χ0v) is 5.85. The molecule has 0 spiro atoms. The number of hydrogen-bond donors (Lipinski definition) is 2. The summed E-state index contributed by atoms with van der Waals surface area (Å²) in [6.07, 6.45) is 1.33. The van der Waals surface area contributed by atoms with Crippen LogP contribution in [-0.2, 0) is 4.79 Å². The molecule has 3 N–H and O–H groups in total. The first-order valence-electron chi connectivity index (χ1n) is 3.03. The van der Waals surface area contributed by atoms with Crippen LogP contribution in [0.15, 0.2) is 0 Å². The van der Waals surface area contributed by atoms with Gasteiger partial charge in [-0.15, -0.1) is 0 Å². The third kappa shape index (κ3) is 2.46. The number of nitrogens with two attached hydrogens (primary N) is 1. The molecule has 1 unspecified atom stereocenters. The van der Waals surface area contributed by atoms with Crippen molar-refractivity contribution >= 4 is 5.97 Å². The van der Waals surface area contributed by atoms with Crippen LogP contribution in [0.4, 0.5) is 0 Å². The molecule has 3 heteroatoms. The predicted molar refractivity (Wildman–Crippen MR) is 35.1 cm³/mol. The van der Waals surface area contributed by atoms with Crippen molar-refractivity contribution in [1.82, 2.24) is 0 Å². The van der Waals surface area contributed by atoms with Gasteiger partial charge < -0.3 is 10.8 Å². The third-order valence-corrected chi connectivity index (χ3v) is 1.26. The summed E-state index contributed by atoms with van der Waals surface area (Å²) in [5.74, 6) is -0.927. The average molecular weight is 131 g/mol. The molecule has 0 saturated carbocycles. The van der Waals surface area contributed by atoms with Crippen LogP contribution in [0.5, 0.6) is 0 Å². The van der Waals surface area contributed by atoms with Crippen LogP contribution in [-0.4, -0.2) is 16.6 Å². The summed E-state index contributed by atoms with van der Waals surface area (Å²) in [6, 6.07) is 0. The number of hydrogen-bond acceptors (Lipinski definition) is 2. The van der Waals surface area contributed by atoms with E-state index in [9.17, 15) is 4.79 Å². The molecule has 3 nitrogen and oxygen atoms in total. The van der Waals surface area contributed by atoms with Crippen LogP contribution in [0, 0.1) is 0 Å². The van der Waals surface area contributed by atoms with Gasteiger partial charge in [0, 0.05) is 0 Å². The molecule has 0 aliphatic heterocycles. The maximum absolute atomic E-state index is 10.3. The third-order valence-electron chi connectivity index (χ3n) is 1.26. The lowest BCUT2D eigenvalue weighted by molar-refractivity contribution is -0.142. The van der Waals surface area contributed by atoms with Crippen molar-refractivity contribution in [3.8, 4) is 0 Å². The Balaban J connectivity index is 3.85. The smallest absolute Gasteiger partial charge is 0.323 e. The largest absolute Gasteiger partial charge is 0.480 e. The molecular weight excluding hydrogens is 118 g/mol. The van der Waals surface area contributed by atoms with Crippen molar-refractivity contribution in [2.75, 3.05) is 0 Å². The van der Waals surface area contributed by atoms with Crippen molar-refractivity contribution in [3.05, 3.63) is 0 Å². The van der Waals surface area contributed by atoms with E-state index in [1.54, 1.807) is 0 Å². The summed E-state index contributed by atoms with van der Waals surface area (Å²) in [4.78, 5) is 10.3. The second kappa shape index (κ2) is 2.82. The second-order valence-electron chi connectivity index (χ2n) is 2.47. The normalized spacial score (nSPS) is 16.8. The van der Waals surface area contributed by atoms with Gasteiger partial charge >= 0.3 is 5.97 Å². The van der Waals surface area contributed by atoms with E-state index in [4.69, 9.17) is 10.8 Å². The van der Waals surface area contributed by atoms with Gasteiger partial charge in [0.05, 0.1) is 0 Å². The van der Waals surface area contributed by atoms with E-state index in [1.807, 2.05) is 6.92 Å². The molecule has 0 heterocycles. The van der Waals surface area contributed by atoms with Crippen LogP contribution in [0.3, 0.4) is 0 Å². The fourth-order valence-electron chi connectivity index (χ4n) is 0.626. The molecule has 1 atom stereocenters. The van der Waals surface area contributed by atoms with Crippen molar-refractivity contribution in [2.24, 2.45) is 5.73 Å². The number of carbonyl (C=O) groups is 1. The number of carboxylic acid groups (broad SMARTS) is 1. The van der Waals surface area contributed by atoms with E-state index >= 15 is 0 Å². The lowest BCUT2D eigenvalue weighted by Crippen LogP contribution is -2.44. The first-order chi connectivity index (χ1) is 4.00. The minimum Gasteiger partial charge on any atom is -0.480 e. The van der Waals surface area contributed by atoms with Gasteiger partial charge in [0.1, 0.15) is 5.54 Å². The molecule has 0 rings (SSSR count). The van der Waals surface area contributed by atoms with Crippen LogP contribution in [0.25, 0.3) is 0 Å². The van der Waals surface area contributed by atoms with Crippen LogP contribution < -0.4 is 5.73 Å². The number of aliphatic carboxylic acids is 1. The quantitative estimate of drug-likeness (QED) is 0.589. The maximum Gasteiger partial charge on any atom is 0.323 e. The summed E-state index contributed by atoms with van der Waals surface area (Å²) >= 11 is 0. The topological polar surface area (TPSA) is 63.3 Å². The van der Waals surface area contributed by atoms with Gasteiger partial charge in [-0.05, 0) is 13.3 Å². The van der Waals surface area contributed by atoms with Gasteiger partial charge in [0.25, 0.3) is 0 Å². The predicted octanol–water partition coefficient (Wildman–Crippen LogP) is 0.588. The summed E-state index contributed by atoms with van der Waals surface area (Å²) in [5.41, 5.74) is 4.34. The molecule has 54 valence electrons. The molecule has 0 amide bonds. The highest BCUT2D eigenvalue weighted by atomic mass is 16.4. The number of rotatable bonds is 3. The van der Waals surface area contributed by atoms with Crippen molar-refractivity contribution in [3.63, 3.8) is 0 Å². The fraction of sp³-hybridized carbons (Fsp3) is 0.833. The molecule has 0 fully saturated rings. The van der Waals surface area contributed by atoms with E-state index in [1.165, 1.54) is 6.92 Å². The highest BCUT2D eigenvalue weighted by molar-refractivity contribution is 5.77. The Morgan fingerprint density at radius 2 is 2.22 bits per heavy atom. The van der Waals surface area contributed by atoms with E-state index < -0.39 is 11.5 Å². The minimum atomic E-state index is -1.03. The Morgan fingerprint density at radius 3 is 2.33 bits per heavy atom. The molecule has 0 saturated heterocycles. The lowest BCUT2D eigenvalue weighted by atomic mass is 9.98. The number of carboxylic acids is 1. The highest BCUT2D eigenvalue weighted by Gasteiger charge is 2.25. The van der Waals surface area contributed by atoms with E-state index in [2.05, 4.69) is 0 Å². The van der Waals surface area contributed by atoms with Gasteiger partial charge in [-0.1, -0.05) is 13.3 Å². The monoisotopic (exact) mass is 131 g/mol. The standard InChI is InChI=1S/C6H13NO2/c1-3-4-6(2,7)5(8)9/h3-4,7H2,1-2H3,(H,8,9). The van der Waals surface area contributed by atoms with Gasteiger partial charge in [0.2, 0.25) is 0 Å². The first kappa shape index (κ1) is 8.43. The summed E-state index contributed by atoms with van der Waals surface area (Å²) in [7, 11) is 0. The van der Waals surface area contributed by atoms with Crippen LogP contribution in [0.2, 0.25) is 0 Å². The summed E-state index contributed by atoms with van der Waals surface area (Å²) in [6.45, 7) is 3.44. The SMILES string of the molecule is CCCC(C)(N)C(=O)O. The summed E-state index contributed by atoms with van der Waals surface area (Å²) in [5, 5.41) is 8.45. The van der Waals surface area contributed by atoms with Crippen LogP contribution in [0.1, 0.15) is 26.7 Å². The fourth-order valence-corrected chi connectivity index (χ4v) is 0.626. The molecule has 0 aromatic rings. The summed E-state index contributed by atoms with van der Waals surface area (Å²) < 4.78 is 0. The maximum atomic E-state index is 10.3. The van der Waals surface area contributed by atoms with Gasteiger partial charge in [-0.2, -0.15) is 0 Å². The van der Waals surface area contributed by atoms with Crippen molar-refractivity contribution in [2.45, 2.75) is 32.2 Å². The molecule has 0 aromatic carbocycles. The zero-order chi connectivity index (χ0) is 7.49. The minimum absolute atomic E-state index is 0.530. The first-order valence-corrected chi connectivity index (χ1v) is 3.03. The average Bonchev–Trinajstić information content (AvgIpc) is 1.65. The Kier molecular flexibility index (Phi) is 2.65. The van der Waals surface area contributed by atoms with Gasteiger partial charge in [0.15, 0.2) is 0 Å². The Bertz CT molecular complexity index is 110. The van der Waals surface area contributed by atoms with E-state index in [0.29, 0.717) is 6.42 Å². The van der Waals surface area contributed by atoms with Crippen LogP contribution >= 0.6 is 0 Å². The lowest BCUT2D eigenvalue weighted by Gasteiger charge is -2.16. The van der Waals surface area contributed by atoms with E-state index in [0.717, 1.165) is 6.42 Å². The molecular formula is C6H13NO2.